The van der Waals surface area contributed by atoms with Crippen LogP contribution in [0.1, 0.15) is 34.7 Å². The monoisotopic (exact) mass is 512 g/mol. The van der Waals surface area contributed by atoms with Crippen LogP contribution >= 0.6 is 0 Å². The standard InChI is InChI=1S/C24H25F5N4O3/c1-14-6-5-7-17(21(32-35-4)22(34)30-3)19(14)11-36-31-15(2)18-10-16(24(27,28)29)8-9-20(18)33-12-23(25,26)13-33/h5-10H,11-13H2,1-4H3,(H,30,34)/b31-15+,32-21+. The first kappa shape index (κ1) is 26.9. The Morgan fingerprint density at radius 3 is 2.42 bits per heavy atom. The largest absolute Gasteiger partial charge is 0.416 e. The first-order chi connectivity index (χ1) is 16.9. The van der Waals surface area contributed by atoms with Crippen molar-refractivity contribution in [2.75, 3.05) is 32.1 Å². The molecule has 1 N–H and O–H groups in total. The number of aryl methyl sites for hydroxylation is 1. The highest BCUT2D eigenvalue weighted by atomic mass is 19.4. The average Bonchev–Trinajstić information content (AvgIpc) is 2.80. The van der Waals surface area contributed by atoms with Gasteiger partial charge in [0.1, 0.15) is 13.7 Å². The molecule has 0 bridgehead atoms. The number of likely N-dealkylation sites (N-methyl/N-ethyl adjacent to an activating group) is 1. The van der Waals surface area contributed by atoms with Crippen molar-refractivity contribution < 1.29 is 36.4 Å². The summed E-state index contributed by atoms with van der Waals surface area (Å²) in [6.07, 6.45) is -4.62. The Balaban J connectivity index is 1.92. The minimum absolute atomic E-state index is 0.00174. The summed E-state index contributed by atoms with van der Waals surface area (Å²) < 4.78 is 66.8. The Bertz CT molecular complexity index is 1190. The maximum Gasteiger partial charge on any atom is 0.416 e. The van der Waals surface area contributed by atoms with E-state index in [-0.39, 0.29) is 29.3 Å². The molecule has 1 saturated heterocycles. The van der Waals surface area contributed by atoms with Crippen molar-refractivity contribution >= 4 is 23.0 Å². The summed E-state index contributed by atoms with van der Waals surface area (Å²) in [5.41, 5.74) is 1.08. The lowest BCUT2D eigenvalue weighted by Crippen LogP contribution is -2.56. The number of hydrogen-bond acceptors (Lipinski definition) is 6. The molecule has 2 aromatic rings. The zero-order valence-corrected chi connectivity index (χ0v) is 20.0. The van der Waals surface area contributed by atoms with Gasteiger partial charge in [-0.05, 0) is 37.6 Å². The summed E-state index contributed by atoms with van der Waals surface area (Å²) >= 11 is 0. The first-order valence-corrected chi connectivity index (χ1v) is 10.8. The molecular weight excluding hydrogens is 487 g/mol. The van der Waals surface area contributed by atoms with Gasteiger partial charge >= 0.3 is 6.18 Å². The summed E-state index contributed by atoms with van der Waals surface area (Å²) in [6.45, 7) is 1.86. The maximum atomic E-state index is 13.4. The van der Waals surface area contributed by atoms with Crippen LogP contribution in [0.25, 0.3) is 0 Å². The number of carbonyl (C=O) groups excluding carboxylic acids is 1. The summed E-state index contributed by atoms with van der Waals surface area (Å²) in [6, 6.07) is 8.00. The second-order valence-electron chi connectivity index (χ2n) is 8.19. The SMILES string of the molecule is CNC(=O)/C(=N/OC)c1cccc(C)c1CO/N=C(\C)c1cc(C(F)(F)F)ccc1N1CC(F)(F)C1. The van der Waals surface area contributed by atoms with Crippen molar-refractivity contribution in [3.8, 4) is 0 Å². The predicted molar refractivity (Wildman–Crippen MR) is 124 cm³/mol. The molecule has 0 unspecified atom stereocenters. The van der Waals surface area contributed by atoms with Gasteiger partial charge in [0.05, 0.1) is 24.4 Å². The fourth-order valence-electron chi connectivity index (χ4n) is 3.74. The Morgan fingerprint density at radius 1 is 1.14 bits per heavy atom. The van der Waals surface area contributed by atoms with Gasteiger partial charge in [-0.15, -0.1) is 0 Å². The third-order valence-electron chi connectivity index (χ3n) is 5.60. The molecule has 36 heavy (non-hydrogen) atoms. The van der Waals surface area contributed by atoms with Gasteiger partial charge in [0, 0.05) is 29.4 Å². The molecule has 7 nitrogen and oxygen atoms in total. The molecule has 1 aliphatic heterocycles. The lowest BCUT2D eigenvalue weighted by molar-refractivity contribution is -0.137. The maximum absolute atomic E-state index is 13.4. The molecule has 0 spiro atoms. The summed E-state index contributed by atoms with van der Waals surface area (Å²) in [5.74, 6) is -3.40. The minimum atomic E-state index is -4.62. The highest BCUT2D eigenvalue weighted by Crippen LogP contribution is 2.37. The van der Waals surface area contributed by atoms with Crippen LogP contribution in [0.15, 0.2) is 46.7 Å². The number of amides is 1. The molecular formula is C24H25F5N4O3. The van der Waals surface area contributed by atoms with Crippen LogP contribution in [0.2, 0.25) is 0 Å². The van der Waals surface area contributed by atoms with E-state index in [1.54, 1.807) is 25.1 Å². The van der Waals surface area contributed by atoms with Gasteiger partial charge < -0.3 is 19.9 Å². The van der Waals surface area contributed by atoms with Crippen LogP contribution in [0.5, 0.6) is 0 Å². The molecule has 3 rings (SSSR count). The molecule has 0 saturated carbocycles. The molecule has 1 aliphatic rings. The van der Waals surface area contributed by atoms with Crippen LogP contribution < -0.4 is 10.2 Å². The number of nitrogens with one attached hydrogen (secondary N) is 1. The second kappa shape index (κ2) is 10.5. The minimum Gasteiger partial charge on any atom is -0.398 e. The molecule has 0 aliphatic carbocycles. The van der Waals surface area contributed by atoms with E-state index in [2.05, 4.69) is 15.6 Å². The van der Waals surface area contributed by atoms with Crippen LogP contribution in [-0.4, -0.2) is 50.5 Å². The van der Waals surface area contributed by atoms with Gasteiger partial charge in [0.25, 0.3) is 11.8 Å². The van der Waals surface area contributed by atoms with Gasteiger partial charge in [-0.25, -0.2) is 8.78 Å². The average molecular weight is 512 g/mol. The third-order valence-corrected chi connectivity index (χ3v) is 5.60. The molecule has 0 aromatic heterocycles. The van der Waals surface area contributed by atoms with E-state index >= 15 is 0 Å². The summed E-state index contributed by atoms with van der Waals surface area (Å²) in [4.78, 5) is 23.8. The van der Waals surface area contributed by atoms with Crippen molar-refractivity contribution in [1.29, 1.82) is 0 Å². The van der Waals surface area contributed by atoms with Crippen molar-refractivity contribution in [3.63, 3.8) is 0 Å². The topological polar surface area (TPSA) is 75.5 Å². The predicted octanol–water partition coefficient (Wildman–Crippen LogP) is 4.51. The normalized spacial score (nSPS) is 15.9. The smallest absolute Gasteiger partial charge is 0.398 e. The number of hydrogen-bond donors (Lipinski definition) is 1. The first-order valence-electron chi connectivity index (χ1n) is 10.8. The number of carbonyl (C=O) groups is 1. The number of anilines is 1. The number of rotatable bonds is 8. The van der Waals surface area contributed by atoms with E-state index in [4.69, 9.17) is 9.68 Å². The number of oxime groups is 2. The molecule has 194 valence electrons. The van der Waals surface area contributed by atoms with Gasteiger partial charge in [0.15, 0.2) is 5.71 Å². The zero-order valence-electron chi connectivity index (χ0n) is 20.0. The zero-order chi connectivity index (χ0) is 26.7. The fourth-order valence-corrected chi connectivity index (χ4v) is 3.74. The van der Waals surface area contributed by atoms with Crippen LogP contribution in [-0.2, 0) is 27.3 Å². The molecule has 0 atom stereocenters. The number of halogens is 5. The Morgan fingerprint density at radius 2 is 1.83 bits per heavy atom. The van der Waals surface area contributed by atoms with Gasteiger partial charge in [0.2, 0.25) is 0 Å². The Labute approximate surface area is 204 Å². The third kappa shape index (κ3) is 5.92. The Hall–Kier alpha value is -3.70. The van der Waals surface area contributed by atoms with Crippen molar-refractivity contribution in [3.05, 3.63) is 64.2 Å². The van der Waals surface area contributed by atoms with E-state index in [1.165, 1.54) is 26.0 Å². The molecule has 1 amide bonds. The molecule has 1 heterocycles. The van der Waals surface area contributed by atoms with Gasteiger partial charge in [-0.3, -0.25) is 4.79 Å². The van der Waals surface area contributed by atoms with Crippen LogP contribution in [0, 0.1) is 6.92 Å². The van der Waals surface area contributed by atoms with E-state index in [0.29, 0.717) is 11.1 Å². The van der Waals surface area contributed by atoms with Gasteiger partial charge in [-0.2, -0.15) is 13.2 Å². The van der Waals surface area contributed by atoms with Crippen molar-refractivity contribution in [2.45, 2.75) is 32.6 Å². The molecule has 12 heteroatoms. The number of alkyl halides is 5. The number of benzene rings is 2. The van der Waals surface area contributed by atoms with Crippen molar-refractivity contribution in [2.24, 2.45) is 10.3 Å². The molecule has 0 radical (unpaired) electrons. The van der Waals surface area contributed by atoms with Crippen LogP contribution in [0.3, 0.4) is 0 Å². The number of nitrogens with zero attached hydrogens (tertiary/aromatic N) is 3. The van der Waals surface area contributed by atoms with Crippen molar-refractivity contribution in [1.82, 2.24) is 5.32 Å². The Kier molecular flexibility index (Phi) is 7.85. The fraction of sp³-hybridized carbons (Fsp3) is 0.375. The van der Waals surface area contributed by atoms with E-state index in [1.807, 2.05) is 0 Å². The summed E-state index contributed by atoms with van der Waals surface area (Å²) in [5, 5.41) is 10.2. The van der Waals surface area contributed by atoms with Crippen LogP contribution in [0.4, 0.5) is 27.6 Å². The lowest BCUT2D eigenvalue weighted by Gasteiger charge is -2.41. The van der Waals surface area contributed by atoms with E-state index in [9.17, 15) is 26.7 Å². The molecule has 1 fully saturated rings. The highest BCUT2D eigenvalue weighted by Gasteiger charge is 2.45. The van der Waals surface area contributed by atoms with E-state index < -0.39 is 36.7 Å². The summed E-state index contributed by atoms with van der Waals surface area (Å²) in [7, 11) is 2.73. The van der Waals surface area contributed by atoms with E-state index in [0.717, 1.165) is 23.8 Å². The molecule has 2 aromatic carbocycles. The second-order valence-corrected chi connectivity index (χ2v) is 8.19. The van der Waals surface area contributed by atoms with Gasteiger partial charge in [-0.1, -0.05) is 28.5 Å². The lowest BCUT2D eigenvalue weighted by atomic mass is 9.98. The highest BCUT2D eigenvalue weighted by molar-refractivity contribution is 6.45. The quantitative estimate of drug-likeness (QED) is 0.321.